The second kappa shape index (κ2) is 6.69. The third kappa shape index (κ3) is 3.55. The van der Waals surface area contributed by atoms with Gasteiger partial charge in [-0.25, -0.2) is 4.39 Å². The lowest BCUT2D eigenvalue weighted by molar-refractivity contribution is 0.628. The van der Waals surface area contributed by atoms with Crippen LogP contribution in [-0.2, 0) is 6.54 Å². The number of benzene rings is 2. The van der Waals surface area contributed by atoms with E-state index >= 15 is 0 Å². The minimum absolute atomic E-state index is 0.161. The van der Waals surface area contributed by atoms with Crippen LogP contribution >= 0.6 is 11.6 Å². The van der Waals surface area contributed by atoms with E-state index in [2.05, 4.69) is 18.3 Å². The van der Waals surface area contributed by atoms with Gasteiger partial charge in [0.1, 0.15) is 5.82 Å². The molecule has 0 atom stereocenters. The van der Waals surface area contributed by atoms with E-state index in [1.165, 1.54) is 11.6 Å². The van der Waals surface area contributed by atoms with Crippen LogP contribution in [0.5, 0.6) is 0 Å². The van der Waals surface area contributed by atoms with Gasteiger partial charge in [0.15, 0.2) is 0 Å². The van der Waals surface area contributed by atoms with Crippen LogP contribution in [-0.4, -0.2) is 6.54 Å². The fourth-order valence-corrected chi connectivity index (χ4v) is 2.20. The first-order chi connectivity index (χ1) is 9.22. The maximum atomic E-state index is 13.2. The lowest BCUT2D eigenvalue weighted by Gasteiger charge is -2.11. The van der Waals surface area contributed by atoms with Gasteiger partial charge < -0.3 is 5.32 Å². The maximum absolute atomic E-state index is 13.2. The number of hydrogen-bond acceptors (Lipinski definition) is 1. The smallest absolute Gasteiger partial charge is 0.141 e. The molecule has 1 N–H and O–H groups in total. The molecule has 0 saturated heterocycles. The van der Waals surface area contributed by atoms with E-state index in [1.54, 1.807) is 12.1 Å². The normalized spacial score (nSPS) is 10.7. The number of nitrogens with one attached hydrogen (secondary N) is 1. The van der Waals surface area contributed by atoms with E-state index in [-0.39, 0.29) is 10.8 Å². The van der Waals surface area contributed by atoms with Crippen LogP contribution in [0.4, 0.5) is 4.39 Å². The molecular formula is C16H17ClFN. The summed E-state index contributed by atoms with van der Waals surface area (Å²) >= 11 is 5.85. The van der Waals surface area contributed by atoms with Gasteiger partial charge in [0.05, 0.1) is 5.02 Å². The summed E-state index contributed by atoms with van der Waals surface area (Å²) in [5, 5.41) is 3.54. The summed E-state index contributed by atoms with van der Waals surface area (Å²) in [5.74, 6) is -0.382. The Hall–Kier alpha value is -1.38. The summed E-state index contributed by atoms with van der Waals surface area (Å²) in [6.07, 6.45) is 1.10. The van der Waals surface area contributed by atoms with Gasteiger partial charge in [-0.3, -0.25) is 0 Å². The highest BCUT2D eigenvalue weighted by Crippen LogP contribution is 2.27. The van der Waals surface area contributed by atoms with Crippen molar-refractivity contribution >= 4 is 11.6 Å². The average molecular weight is 278 g/mol. The van der Waals surface area contributed by atoms with E-state index in [1.807, 2.05) is 18.2 Å². The third-order valence-electron chi connectivity index (χ3n) is 2.99. The zero-order chi connectivity index (χ0) is 13.7. The van der Waals surface area contributed by atoms with Gasteiger partial charge in [-0.05, 0) is 41.8 Å². The van der Waals surface area contributed by atoms with Crippen molar-refractivity contribution in [3.63, 3.8) is 0 Å². The summed E-state index contributed by atoms with van der Waals surface area (Å²) in [5.41, 5.74) is 3.23. The van der Waals surface area contributed by atoms with Crippen molar-refractivity contribution in [1.29, 1.82) is 0 Å². The Morgan fingerprint density at radius 3 is 2.68 bits per heavy atom. The topological polar surface area (TPSA) is 12.0 Å². The summed E-state index contributed by atoms with van der Waals surface area (Å²) in [7, 11) is 0. The second-order valence-electron chi connectivity index (χ2n) is 4.46. The van der Waals surface area contributed by atoms with E-state index in [0.717, 1.165) is 30.6 Å². The van der Waals surface area contributed by atoms with Crippen LogP contribution in [0.2, 0.25) is 5.02 Å². The highest BCUT2D eigenvalue weighted by atomic mass is 35.5. The highest BCUT2D eigenvalue weighted by molar-refractivity contribution is 6.31. The molecule has 1 nitrogen and oxygen atoms in total. The molecule has 0 aromatic heterocycles. The maximum Gasteiger partial charge on any atom is 0.141 e. The Morgan fingerprint density at radius 2 is 1.95 bits per heavy atom. The molecule has 0 amide bonds. The van der Waals surface area contributed by atoms with Crippen LogP contribution in [0.15, 0.2) is 42.5 Å². The Labute approximate surface area is 118 Å². The van der Waals surface area contributed by atoms with Crippen molar-refractivity contribution in [2.75, 3.05) is 6.54 Å². The van der Waals surface area contributed by atoms with E-state index in [9.17, 15) is 4.39 Å². The molecule has 2 rings (SSSR count). The molecule has 0 fully saturated rings. The molecule has 0 heterocycles. The molecule has 0 aliphatic rings. The Bertz CT molecular complexity index is 554. The molecule has 0 aliphatic carbocycles. The van der Waals surface area contributed by atoms with Gasteiger partial charge in [-0.1, -0.05) is 48.9 Å². The molecule has 19 heavy (non-hydrogen) atoms. The summed E-state index contributed by atoms with van der Waals surface area (Å²) in [6, 6.07) is 13.0. The van der Waals surface area contributed by atoms with Crippen molar-refractivity contribution in [2.24, 2.45) is 0 Å². The Morgan fingerprint density at radius 1 is 1.16 bits per heavy atom. The van der Waals surface area contributed by atoms with Crippen molar-refractivity contribution in [1.82, 2.24) is 5.32 Å². The van der Waals surface area contributed by atoms with Gasteiger partial charge in [0.2, 0.25) is 0 Å². The Kier molecular flexibility index (Phi) is 4.94. The first-order valence-electron chi connectivity index (χ1n) is 6.46. The van der Waals surface area contributed by atoms with Gasteiger partial charge in [-0.2, -0.15) is 0 Å². The molecule has 0 spiro atoms. The molecular weight excluding hydrogens is 261 g/mol. The fraction of sp³-hybridized carbons (Fsp3) is 0.250. The molecule has 0 radical (unpaired) electrons. The van der Waals surface area contributed by atoms with Crippen LogP contribution in [0.3, 0.4) is 0 Å². The van der Waals surface area contributed by atoms with Crippen molar-refractivity contribution in [3.8, 4) is 11.1 Å². The SMILES string of the molecule is CCCNCc1ccccc1-c1ccc(F)c(Cl)c1. The Balaban J connectivity index is 2.30. The van der Waals surface area contributed by atoms with Gasteiger partial charge >= 0.3 is 0 Å². The predicted octanol–water partition coefficient (Wildman–Crippen LogP) is 4.65. The standard InChI is InChI=1S/C16H17ClFN/c1-2-9-19-11-13-5-3-4-6-14(13)12-7-8-16(18)15(17)10-12/h3-8,10,19H,2,9,11H2,1H3. The summed E-state index contributed by atoms with van der Waals surface area (Å²) in [4.78, 5) is 0. The molecule has 0 saturated carbocycles. The van der Waals surface area contributed by atoms with Crippen molar-refractivity contribution < 1.29 is 4.39 Å². The van der Waals surface area contributed by atoms with Crippen molar-refractivity contribution in [3.05, 3.63) is 58.9 Å². The van der Waals surface area contributed by atoms with Gasteiger partial charge in [0, 0.05) is 6.54 Å². The number of hydrogen-bond donors (Lipinski definition) is 1. The largest absolute Gasteiger partial charge is 0.313 e. The van der Waals surface area contributed by atoms with Crippen molar-refractivity contribution in [2.45, 2.75) is 19.9 Å². The van der Waals surface area contributed by atoms with E-state index < -0.39 is 0 Å². The molecule has 100 valence electrons. The molecule has 2 aromatic carbocycles. The number of rotatable bonds is 5. The van der Waals surface area contributed by atoms with E-state index in [4.69, 9.17) is 11.6 Å². The molecule has 0 bridgehead atoms. The van der Waals surface area contributed by atoms with Crippen LogP contribution in [0.1, 0.15) is 18.9 Å². The monoisotopic (exact) mass is 277 g/mol. The zero-order valence-corrected chi connectivity index (χ0v) is 11.7. The molecule has 0 unspecified atom stereocenters. The first-order valence-corrected chi connectivity index (χ1v) is 6.84. The second-order valence-corrected chi connectivity index (χ2v) is 4.87. The summed E-state index contributed by atoms with van der Waals surface area (Å²) < 4.78 is 13.2. The average Bonchev–Trinajstić information content (AvgIpc) is 2.43. The molecule has 3 heteroatoms. The van der Waals surface area contributed by atoms with Crippen LogP contribution in [0.25, 0.3) is 11.1 Å². The lowest BCUT2D eigenvalue weighted by atomic mass is 9.99. The lowest BCUT2D eigenvalue weighted by Crippen LogP contribution is -2.14. The summed E-state index contributed by atoms with van der Waals surface area (Å²) in [6.45, 7) is 3.93. The van der Waals surface area contributed by atoms with E-state index in [0.29, 0.717) is 0 Å². The fourth-order valence-electron chi connectivity index (χ4n) is 2.02. The quantitative estimate of drug-likeness (QED) is 0.785. The van der Waals surface area contributed by atoms with Gasteiger partial charge in [0.25, 0.3) is 0 Å². The molecule has 2 aromatic rings. The third-order valence-corrected chi connectivity index (χ3v) is 3.28. The van der Waals surface area contributed by atoms with Crippen LogP contribution in [0, 0.1) is 5.82 Å². The molecule has 0 aliphatic heterocycles. The minimum Gasteiger partial charge on any atom is -0.313 e. The van der Waals surface area contributed by atoms with Crippen LogP contribution < -0.4 is 5.32 Å². The predicted molar refractivity (Wildman–Crippen MR) is 78.8 cm³/mol. The first kappa shape index (κ1) is 14.0. The number of halogens is 2. The van der Waals surface area contributed by atoms with Gasteiger partial charge in [-0.15, -0.1) is 0 Å². The highest BCUT2D eigenvalue weighted by Gasteiger charge is 2.07. The minimum atomic E-state index is -0.382. The zero-order valence-electron chi connectivity index (χ0n) is 10.9.